The largest absolute Gasteiger partial charge is 0.507 e. The van der Waals surface area contributed by atoms with Crippen molar-refractivity contribution >= 4 is 35.0 Å². The van der Waals surface area contributed by atoms with Crippen LogP contribution in [-0.4, -0.2) is 57.6 Å². The number of morpholine rings is 1. The zero-order valence-electron chi connectivity index (χ0n) is 15.1. The normalized spacial score (nSPS) is 15.0. The molecule has 3 heterocycles. The van der Waals surface area contributed by atoms with E-state index in [0.717, 1.165) is 56.0 Å². The van der Waals surface area contributed by atoms with Gasteiger partial charge in [0.05, 0.1) is 18.9 Å². The van der Waals surface area contributed by atoms with Crippen LogP contribution in [0.25, 0.3) is 22.3 Å². The van der Waals surface area contributed by atoms with E-state index in [1.807, 2.05) is 31.3 Å². The SMILES string of the molecule is Cc1cc(Cl)cc(O)c1-c1cc2ccn(CCN3CCOCC3)c2nn1.Cl. The van der Waals surface area contributed by atoms with Crippen molar-refractivity contribution in [2.24, 2.45) is 0 Å². The van der Waals surface area contributed by atoms with Crippen LogP contribution in [0.1, 0.15) is 5.56 Å². The second kappa shape index (κ2) is 8.44. The molecule has 2 aromatic heterocycles. The van der Waals surface area contributed by atoms with Crippen molar-refractivity contribution in [3.05, 3.63) is 41.0 Å². The van der Waals surface area contributed by atoms with E-state index in [2.05, 4.69) is 19.7 Å². The van der Waals surface area contributed by atoms with Gasteiger partial charge in [0.15, 0.2) is 5.65 Å². The maximum Gasteiger partial charge on any atom is 0.162 e. The summed E-state index contributed by atoms with van der Waals surface area (Å²) in [5, 5.41) is 20.5. The average molecular weight is 409 g/mol. The minimum Gasteiger partial charge on any atom is -0.507 e. The quantitative estimate of drug-likeness (QED) is 0.715. The Morgan fingerprint density at radius 3 is 2.67 bits per heavy atom. The number of aromatic nitrogens is 3. The highest BCUT2D eigenvalue weighted by Gasteiger charge is 2.14. The molecule has 0 unspecified atom stereocenters. The van der Waals surface area contributed by atoms with Gasteiger partial charge in [-0.25, -0.2) is 0 Å². The summed E-state index contributed by atoms with van der Waals surface area (Å²) in [6.45, 7) is 7.30. The van der Waals surface area contributed by atoms with Gasteiger partial charge in [-0.15, -0.1) is 22.6 Å². The van der Waals surface area contributed by atoms with Gasteiger partial charge in [-0.1, -0.05) is 11.6 Å². The molecular weight excluding hydrogens is 387 g/mol. The van der Waals surface area contributed by atoms with Crippen molar-refractivity contribution in [3.63, 3.8) is 0 Å². The fourth-order valence-electron chi connectivity index (χ4n) is 3.42. The number of hydrogen-bond acceptors (Lipinski definition) is 5. The molecule has 1 fully saturated rings. The predicted molar refractivity (Wildman–Crippen MR) is 109 cm³/mol. The molecule has 0 spiro atoms. The number of halogens is 2. The van der Waals surface area contributed by atoms with E-state index in [9.17, 15) is 5.11 Å². The molecule has 4 rings (SSSR count). The van der Waals surface area contributed by atoms with Crippen molar-refractivity contribution in [1.29, 1.82) is 0 Å². The smallest absolute Gasteiger partial charge is 0.162 e. The van der Waals surface area contributed by atoms with Crippen LogP contribution < -0.4 is 0 Å². The van der Waals surface area contributed by atoms with Crippen LogP contribution >= 0.6 is 24.0 Å². The van der Waals surface area contributed by atoms with Crippen LogP contribution in [0.2, 0.25) is 5.02 Å². The third-order valence-electron chi connectivity index (χ3n) is 4.81. The topological polar surface area (TPSA) is 63.4 Å². The summed E-state index contributed by atoms with van der Waals surface area (Å²) < 4.78 is 7.51. The molecule has 1 saturated heterocycles. The third-order valence-corrected chi connectivity index (χ3v) is 5.02. The van der Waals surface area contributed by atoms with E-state index in [-0.39, 0.29) is 18.2 Å². The summed E-state index contributed by atoms with van der Waals surface area (Å²) in [5.74, 6) is 0.121. The fourth-order valence-corrected chi connectivity index (χ4v) is 3.69. The number of phenols is 1. The van der Waals surface area contributed by atoms with E-state index < -0.39 is 0 Å². The van der Waals surface area contributed by atoms with Crippen LogP contribution in [0.15, 0.2) is 30.5 Å². The van der Waals surface area contributed by atoms with E-state index in [4.69, 9.17) is 16.3 Å². The Bertz CT molecular complexity index is 916. The van der Waals surface area contributed by atoms with Crippen molar-refractivity contribution in [2.75, 3.05) is 32.8 Å². The standard InChI is InChI=1S/C19H21ClN4O2.ClH/c1-13-10-15(20)12-17(25)18(13)16-11-14-2-3-24(19(14)22-21-16)5-4-23-6-8-26-9-7-23;/h2-3,10-12,25H,4-9H2,1H3;1H. The van der Waals surface area contributed by atoms with Gasteiger partial charge in [0.1, 0.15) is 5.75 Å². The number of aromatic hydroxyl groups is 1. The molecule has 0 bridgehead atoms. The van der Waals surface area contributed by atoms with E-state index in [0.29, 0.717) is 16.3 Å². The summed E-state index contributed by atoms with van der Waals surface area (Å²) in [6.07, 6.45) is 2.04. The van der Waals surface area contributed by atoms with Crippen LogP contribution in [0, 0.1) is 6.92 Å². The summed E-state index contributed by atoms with van der Waals surface area (Å²) in [7, 11) is 0. The van der Waals surface area contributed by atoms with Gasteiger partial charge >= 0.3 is 0 Å². The number of phenolic OH excluding ortho intramolecular Hbond substituents is 1. The van der Waals surface area contributed by atoms with Gasteiger partial charge in [0.2, 0.25) is 0 Å². The molecule has 8 heteroatoms. The number of hydrogen-bond donors (Lipinski definition) is 1. The third kappa shape index (κ3) is 4.19. The first-order valence-electron chi connectivity index (χ1n) is 8.74. The number of rotatable bonds is 4. The molecule has 0 saturated carbocycles. The molecule has 144 valence electrons. The highest BCUT2D eigenvalue weighted by molar-refractivity contribution is 6.31. The molecule has 1 aromatic carbocycles. The molecule has 3 aromatic rings. The van der Waals surface area contributed by atoms with Gasteiger partial charge in [-0.3, -0.25) is 4.90 Å². The molecular formula is C19H22Cl2N4O2. The molecule has 6 nitrogen and oxygen atoms in total. The molecule has 0 aliphatic carbocycles. The lowest BCUT2D eigenvalue weighted by atomic mass is 10.0. The number of fused-ring (bicyclic) bond motifs is 1. The lowest BCUT2D eigenvalue weighted by Crippen LogP contribution is -2.38. The minimum absolute atomic E-state index is 0. The van der Waals surface area contributed by atoms with Crippen LogP contribution in [0.4, 0.5) is 0 Å². The highest BCUT2D eigenvalue weighted by Crippen LogP contribution is 2.34. The second-order valence-corrected chi connectivity index (χ2v) is 7.02. The zero-order chi connectivity index (χ0) is 18.1. The molecule has 0 radical (unpaired) electrons. The predicted octanol–water partition coefficient (Wildman–Crippen LogP) is 3.52. The van der Waals surface area contributed by atoms with Crippen molar-refractivity contribution in [3.8, 4) is 17.0 Å². The van der Waals surface area contributed by atoms with Crippen LogP contribution in [0.5, 0.6) is 5.75 Å². The monoisotopic (exact) mass is 408 g/mol. The Kier molecular flexibility index (Phi) is 6.22. The lowest BCUT2D eigenvalue weighted by molar-refractivity contribution is 0.0365. The second-order valence-electron chi connectivity index (χ2n) is 6.59. The zero-order valence-corrected chi connectivity index (χ0v) is 16.6. The first-order valence-corrected chi connectivity index (χ1v) is 9.12. The number of nitrogens with zero attached hydrogens (tertiary/aromatic N) is 4. The van der Waals surface area contributed by atoms with Gasteiger partial charge in [-0.05, 0) is 36.8 Å². The Morgan fingerprint density at radius 1 is 1.15 bits per heavy atom. The molecule has 27 heavy (non-hydrogen) atoms. The summed E-state index contributed by atoms with van der Waals surface area (Å²) in [6, 6.07) is 7.35. The molecule has 0 atom stereocenters. The Morgan fingerprint density at radius 2 is 1.93 bits per heavy atom. The first-order chi connectivity index (χ1) is 12.6. The fraction of sp³-hybridized carbons (Fsp3) is 0.368. The summed E-state index contributed by atoms with van der Waals surface area (Å²) in [5.41, 5.74) is 3.04. The number of ether oxygens (including phenoxy) is 1. The highest BCUT2D eigenvalue weighted by atomic mass is 35.5. The van der Waals surface area contributed by atoms with Gasteiger partial charge in [-0.2, -0.15) is 0 Å². The minimum atomic E-state index is 0. The van der Waals surface area contributed by atoms with Crippen molar-refractivity contribution in [1.82, 2.24) is 19.7 Å². The Labute approximate surface area is 169 Å². The van der Waals surface area contributed by atoms with Crippen LogP contribution in [0.3, 0.4) is 0 Å². The lowest BCUT2D eigenvalue weighted by Gasteiger charge is -2.26. The molecule has 1 aliphatic rings. The Hall–Kier alpha value is -1.86. The maximum atomic E-state index is 10.3. The summed E-state index contributed by atoms with van der Waals surface area (Å²) in [4.78, 5) is 2.40. The maximum absolute atomic E-state index is 10.3. The van der Waals surface area contributed by atoms with E-state index in [1.54, 1.807) is 0 Å². The summed E-state index contributed by atoms with van der Waals surface area (Å²) >= 11 is 6.00. The average Bonchev–Trinajstić information content (AvgIpc) is 3.02. The van der Waals surface area contributed by atoms with Gasteiger partial charge in [0.25, 0.3) is 0 Å². The van der Waals surface area contributed by atoms with Crippen LogP contribution in [-0.2, 0) is 11.3 Å². The first kappa shape index (κ1) is 19.9. The molecule has 1 N–H and O–H groups in total. The molecule has 0 amide bonds. The number of aryl methyl sites for hydroxylation is 1. The van der Waals surface area contributed by atoms with E-state index >= 15 is 0 Å². The van der Waals surface area contributed by atoms with Crippen molar-refractivity contribution < 1.29 is 9.84 Å². The van der Waals surface area contributed by atoms with Gasteiger partial charge in [0, 0.05) is 48.3 Å². The molecule has 1 aliphatic heterocycles. The Balaban J connectivity index is 0.00000210. The number of benzene rings is 1. The van der Waals surface area contributed by atoms with Crippen molar-refractivity contribution in [2.45, 2.75) is 13.5 Å². The van der Waals surface area contributed by atoms with E-state index in [1.165, 1.54) is 6.07 Å². The van der Waals surface area contributed by atoms with Gasteiger partial charge < -0.3 is 14.4 Å².